The van der Waals surface area contributed by atoms with Crippen LogP contribution in [0.2, 0.25) is 15.1 Å². The van der Waals surface area contributed by atoms with Gasteiger partial charge in [-0.15, -0.1) is 0 Å². The summed E-state index contributed by atoms with van der Waals surface area (Å²) in [4.78, 5) is 27.8. The fourth-order valence-electron chi connectivity index (χ4n) is 2.62. The van der Waals surface area contributed by atoms with Crippen LogP contribution in [-0.4, -0.2) is 54.8 Å². The molecule has 1 heterocycles. The van der Waals surface area contributed by atoms with E-state index < -0.39 is 0 Å². The Balaban J connectivity index is 2.04. The van der Waals surface area contributed by atoms with Gasteiger partial charge in [0.05, 0.1) is 28.3 Å². The third-order valence-electron chi connectivity index (χ3n) is 3.71. The van der Waals surface area contributed by atoms with Crippen LogP contribution in [0.5, 0.6) is 0 Å². The molecule has 5 nitrogen and oxygen atoms in total. The highest BCUT2D eigenvalue weighted by Gasteiger charge is 2.32. The van der Waals surface area contributed by atoms with Crippen LogP contribution in [0, 0.1) is 0 Å². The van der Waals surface area contributed by atoms with Gasteiger partial charge in [0.2, 0.25) is 11.8 Å². The monoisotopic (exact) mass is 377 g/mol. The molecule has 0 aliphatic carbocycles. The molecule has 1 N–H and O–H groups in total. The van der Waals surface area contributed by atoms with E-state index in [1.165, 1.54) is 12.1 Å². The summed E-state index contributed by atoms with van der Waals surface area (Å²) in [7, 11) is 3.43. The van der Waals surface area contributed by atoms with Crippen molar-refractivity contribution in [1.29, 1.82) is 0 Å². The Labute approximate surface area is 150 Å². The number of carbonyl (C=O) groups excluding carboxylic acids is 2. The van der Waals surface area contributed by atoms with Crippen molar-refractivity contribution >= 4 is 52.3 Å². The van der Waals surface area contributed by atoms with Gasteiger partial charge >= 0.3 is 0 Å². The largest absolute Gasteiger partial charge is 0.347 e. The van der Waals surface area contributed by atoms with E-state index >= 15 is 0 Å². The molecule has 1 aromatic rings. The Morgan fingerprint density at radius 2 is 1.87 bits per heavy atom. The van der Waals surface area contributed by atoms with Crippen LogP contribution in [-0.2, 0) is 9.59 Å². The second kappa shape index (κ2) is 7.71. The number of carbonyl (C=O) groups is 2. The molecule has 2 rings (SSSR count). The summed E-state index contributed by atoms with van der Waals surface area (Å²) >= 11 is 18.0. The lowest BCUT2D eigenvalue weighted by Gasteiger charge is -2.25. The fraction of sp³-hybridized carbons (Fsp3) is 0.467. The number of likely N-dealkylation sites (tertiary alicyclic amines) is 1. The summed E-state index contributed by atoms with van der Waals surface area (Å²) in [5.41, 5.74) is 0.331. The number of hydrogen-bond donors (Lipinski definition) is 1. The standard InChI is InChI=1S/C15H18Cl3N3O2/c1-20(2)15(23)12-4-3-5-21(12)8-13(22)19-14-10(17)6-9(16)7-11(14)18/h6-7,12H,3-5,8H2,1-2H3,(H,19,22). The predicted octanol–water partition coefficient (Wildman–Crippen LogP) is 3.14. The first kappa shape index (κ1) is 18.3. The Morgan fingerprint density at radius 1 is 1.26 bits per heavy atom. The number of likely N-dealkylation sites (N-methyl/N-ethyl adjacent to an activating group) is 1. The Morgan fingerprint density at radius 3 is 2.43 bits per heavy atom. The molecule has 1 atom stereocenters. The molecule has 1 unspecified atom stereocenters. The van der Waals surface area contributed by atoms with Gasteiger partial charge in [0.15, 0.2) is 0 Å². The number of anilines is 1. The zero-order valence-electron chi connectivity index (χ0n) is 12.9. The van der Waals surface area contributed by atoms with Crippen molar-refractivity contribution < 1.29 is 9.59 Å². The van der Waals surface area contributed by atoms with Gasteiger partial charge < -0.3 is 10.2 Å². The molecule has 1 fully saturated rings. The van der Waals surface area contributed by atoms with Gasteiger partial charge in [-0.05, 0) is 31.5 Å². The molecule has 1 aromatic carbocycles. The SMILES string of the molecule is CN(C)C(=O)C1CCCN1CC(=O)Nc1c(Cl)cc(Cl)cc1Cl. The van der Waals surface area contributed by atoms with Gasteiger partial charge in [0.25, 0.3) is 0 Å². The summed E-state index contributed by atoms with van der Waals surface area (Å²) in [5.74, 6) is -0.257. The molecule has 0 radical (unpaired) electrons. The molecule has 0 spiro atoms. The van der Waals surface area contributed by atoms with Crippen molar-refractivity contribution in [1.82, 2.24) is 9.80 Å². The maximum atomic E-state index is 12.3. The summed E-state index contributed by atoms with van der Waals surface area (Å²) in [6.45, 7) is 0.819. The van der Waals surface area contributed by atoms with E-state index in [1.54, 1.807) is 19.0 Å². The van der Waals surface area contributed by atoms with Crippen molar-refractivity contribution in [3.05, 3.63) is 27.2 Å². The van der Waals surface area contributed by atoms with Crippen molar-refractivity contribution in [2.45, 2.75) is 18.9 Å². The van der Waals surface area contributed by atoms with E-state index in [2.05, 4.69) is 5.32 Å². The molecule has 2 amide bonds. The minimum Gasteiger partial charge on any atom is -0.347 e. The van der Waals surface area contributed by atoms with E-state index in [9.17, 15) is 9.59 Å². The van der Waals surface area contributed by atoms with Gasteiger partial charge in [0.1, 0.15) is 0 Å². The van der Waals surface area contributed by atoms with Gasteiger partial charge in [-0.2, -0.15) is 0 Å². The highest BCUT2D eigenvalue weighted by molar-refractivity contribution is 6.42. The van der Waals surface area contributed by atoms with Crippen LogP contribution in [0.4, 0.5) is 5.69 Å². The molecular formula is C15H18Cl3N3O2. The Hall–Kier alpha value is -1.01. The van der Waals surface area contributed by atoms with Crippen LogP contribution in [0.25, 0.3) is 0 Å². The van der Waals surface area contributed by atoms with Crippen LogP contribution < -0.4 is 5.32 Å². The number of amides is 2. The fourth-order valence-corrected chi connectivity index (χ4v) is 3.53. The highest BCUT2D eigenvalue weighted by atomic mass is 35.5. The van der Waals surface area contributed by atoms with Gasteiger partial charge in [-0.1, -0.05) is 34.8 Å². The molecule has 0 saturated carbocycles. The number of hydrogen-bond acceptors (Lipinski definition) is 3. The lowest BCUT2D eigenvalue weighted by Crippen LogP contribution is -2.45. The minimum absolute atomic E-state index is 0.0119. The first-order valence-electron chi connectivity index (χ1n) is 7.19. The van der Waals surface area contributed by atoms with Crippen molar-refractivity contribution in [3.63, 3.8) is 0 Å². The summed E-state index contributed by atoms with van der Waals surface area (Å²) in [5, 5.41) is 3.64. The summed E-state index contributed by atoms with van der Waals surface area (Å²) < 4.78 is 0. The number of nitrogens with one attached hydrogen (secondary N) is 1. The topological polar surface area (TPSA) is 52.7 Å². The predicted molar refractivity (Wildman–Crippen MR) is 93.4 cm³/mol. The van der Waals surface area contributed by atoms with Crippen molar-refractivity contribution in [2.24, 2.45) is 0 Å². The number of benzene rings is 1. The smallest absolute Gasteiger partial charge is 0.239 e. The van der Waals surface area contributed by atoms with Crippen molar-refractivity contribution in [2.75, 3.05) is 32.5 Å². The van der Waals surface area contributed by atoms with Crippen LogP contribution in [0.15, 0.2) is 12.1 Å². The lowest BCUT2D eigenvalue weighted by molar-refractivity contribution is -0.133. The summed E-state index contributed by atoms with van der Waals surface area (Å²) in [6, 6.07) is 2.77. The molecule has 1 aliphatic heterocycles. The van der Waals surface area contributed by atoms with Crippen molar-refractivity contribution in [3.8, 4) is 0 Å². The Kier molecular flexibility index (Phi) is 6.14. The van der Waals surface area contributed by atoms with Gasteiger partial charge in [0, 0.05) is 19.1 Å². The zero-order chi connectivity index (χ0) is 17.1. The molecule has 8 heteroatoms. The van der Waals surface area contributed by atoms with Crippen LogP contribution in [0.3, 0.4) is 0 Å². The second-order valence-electron chi connectivity index (χ2n) is 5.65. The maximum absolute atomic E-state index is 12.3. The second-order valence-corrected chi connectivity index (χ2v) is 6.90. The van der Waals surface area contributed by atoms with Crippen LogP contribution >= 0.6 is 34.8 Å². The van der Waals surface area contributed by atoms with E-state index in [1.807, 2.05) is 4.90 Å². The molecule has 1 aliphatic rings. The third-order valence-corrected chi connectivity index (χ3v) is 4.52. The molecule has 126 valence electrons. The molecular weight excluding hydrogens is 361 g/mol. The number of nitrogens with zero attached hydrogens (tertiary/aromatic N) is 2. The molecule has 0 bridgehead atoms. The van der Waals surface area contributed by atoms with E-state index in [0.29, 0.717) is 17.3 Å². The molecule has 23 heavy (non-hydrogen) atoms. The average Bonchev–Trinajstić information content (AvgIpc) is 2.89. The first-order chi connectivity index (χ1) is 10.8. The zero-order valence-corrected chi connectivity index (χ0v) is 15.2. The Bertz CT molecular complexity index is 599. The van der Waals surface area contributed by atoms with E-state index in [0.717, 1.165) is 12.8 Å². The number of rotatable bonds is 4. The van der Waals surface area contributed by atoms with Crippen LogP contribution in [0.1, 0.15) is 12.8 Å². The third kappa shape index (κ3) is 4.51. The van der Waals surface area contributed by atoms with Gasteiger partial charge in [-0.3, -0.25) is 14.5 Å². The summed E-state index contributed by atoms with van der Waals surface area (Å²) in [6.07, 6.45) is 1.65. The average molecular weight is 379 g/mol. The van der Waals surface area contributed by atoms with E-state index in [4.69, 9.17) is 34.8 Å². The first-order valence-corrected chi connectivity index (χ1v) is 8.32. The molecule has 0 aromatic heterocycles. The van der Waals surface area contributed by atoms with E-state index in [-0.39, 0.29) is 34.4 Å². The quantitative estimate of drug-likeness (QED) is 0.876. The number of halogens is 3. The highest BCUT2D eigenvalue weighted by Crippen LogP contribution is 2.33. The molecule has 1 saturated heterocycles. The van der Waals surface area contributed by atoms with Gasteiger partial charge in [-0.25, -0.2) is 0 Å². The lowest BCUT2D eigenvalue weighted by atomic mass is 10.2. The maximum Gasteiger partial charge on any atom is 0.239 e. The normalized spacial score (nSPS) is 18.0. The minimum atomic E-state index is -0.269.